The molecule has 0 fully saturated rings. The van der Waals surface area contributed by atoms with Crippen molar-refractivity contribution in [3.8, 4) is 22.3 Å². The molecule has 8 aromatic carbocycles. The fourth-order valence-corrected chi connectivity index (χ4v) is 10.7. The SMILES string of the molecule is CCC1=C(c2ccccc2)C(C2CCc3ccccc3-c3c2ccc2c4c(ccc32)C(C)C(c2ccc3ccccc3c2)c2ccccc2-4)=Nc2ccccc2C1. The number of hydrogen-bond acceptors (Lipinski definition) is 1. The molecule has 1 aliphatic heterocycles. The molecule has 3 aliphatic rings. The fraction of sp³-hybridized carbons (Fsp3) is 0.161. The lowest BCUT2D eigenvalue weighted by atomic mass is 9.68. The molecule has 0 radical (unpaired) electrons. The summed E-state index contributed by atoms with van der Waals surface area (Å²) >= 11 is 0. The Balaban J connectivity index is 1.15. The molecule has 0 N–H and O–H groups in total. The number of aliphatic imine (C=N–C) groups is 1. The van der Waals surface area contributed by atoms with Gasteiger partial charge in [-0.1, -0.05) is 183 Å². The van der Waals surface area contributed by atoms with Crippen LogP contribution >= 0.6 is 0 Å². The van der Waals surface area contributed by atoms with Crippen molar-refractivity contribution in [1.82, 2.24) is 0 Å². The largest absolute Gasteiger partial charge is 0.252 e. The number of fused-ring (bicyclic) bond motifs is 11. The van der Waals surface area contributed by atoms with Gasteiger partial charge < -0.3 is 0 Å². The smallest absolute Gasteiger partial charge is 0.0668 e. The van der Waals surface area contributed by atoms with E-state index in [-0.39, 0.29) is 11.8 Å². The third-order valence-corrected chi connectivity index (χ3v) is 13.4. The lowest BCUT2D eigenvalue weighted by molar-refractivity contribution is 0.651. The summed E-state index contributed by atoms with van der Waals surface area (Å²) in [6.45, 7) is 4.76. The molecular weight excluding hydrogens is 687 g/mol. The van der Waals surface area contributed by atoms with Crippen LogP contribution in [0, 0.1) is 0 Å². The van der Waals surface area contributed by atoms with Crippen molar-refractivity contribution in [3.05, 3.63) is 214 Å². The van der Waals surface area contributed by atoms with Crippen LogP contribution in [0.2, 0.25) is 0 Å². The molecule has 11 rings (SSSR count). The molecule has 0 bridgehead atoms. The normalized spacial score (nSPS) is 18.4. The van der Waals surface area contributed by atoms with Crippen molar-refractivity contribution in [2.24, 2.45) is 4.99 Å². The topological polar surface area (TPSA) is 12.4 Å². The summed E-state index contributed by atoms with van der Waals surface area (Å²) < 4.78 is 0. The van der Waals surface area contributed by atoms with Crippen LogP contribution in [0.4, 0.5) is 5.69 Å². The van der Waals surface area contributed by atoms with Gasteiger partial charge in [0.05, 0.1) is 11.4 Å². The second-order valence-corrected chi connectivity index (χ2v) is 16.4. The fourth-order valence-electron chi connectivity index (χ4n) is 10.7. The van der Waals surface area contributed by atoms with Crippen LogP contribution < -0.4 is 0 Å². The van der Waals surface area contributed by atoms with E-state index in [1.807, 2.05) is 0 Å². The maximum atomic E-state index is 5.73. The zero-order chi connectivity index (χ0) is 38.0. The van der Waals surface area contributed by atoms with E-state index in [9.17, 15) is 0 Å². The second kappa shape index (κ2) is 13.7. The molecule has 8 aromatic rings. The zero-order valence-corrected chi connectivity index (χ0v) is 32.7. The van der Waals surface area contributed by atoms with Crippen LogP contribution in [-0.4, -0.2) is 5.71 Å². The van der Waals surface area contributed by atoms with Gasteiger partial charge in [-0.25, -0.2) is 0 Å². The third kappa shape index (κ3) is 5.47. The van der Waals surface area contributed by atoms with E-state index in [2.05, 4.69) is 184 Å². The molecule has 0 amide bonds. The van der Waals surface area contributed by atoms with Crippen molar-refractivity contribution in [2.45, 2.75) is 57.3 Å². The maximum absolute atomic E-state index is 5.73. The second-order valence-electron chi connectivity index (χ2n) is 16.4. The van der Waals surface area contributed by atoms with E-state index in [1.165, 1.54) is 99.6 Å². The standard InChI is InChI=1S/C56H45N/c1-3-36-33-41-20-10-14-24-51(41)57-56(53(36)39-17-5-4-6-18-39)50-28-27-38-16-9-11-21-44(38)55-48-30-29-43-35(2)52(42-26-25-37-15-7-8-19-40(37)34-42)45-22-12-13-23-46(45)54(43)47(48)31-32-49(50)55/h4-26,29-32,34-35,50,52H,3,27-28,33H2,1-2H3. The van der Waals surface area contributed by atoms with Crippen LogP contribution in [0.15, 0.2) is 180 Å². The minimum absolute atomic E-state index is 0.124. The Morgan fingerprint density at radius 1 is 0.561 bits per heavy atom. The molecular formula is C56H45N. The van der Waals surface area contributed by atoms with E-state index in [1.54, 1.807) is 0 Å². The van der Waals surface area contributed by atoms with Crippen LogP contribution in [0.3, 0.4) is 0 Å². The van der Waals surface area contributed by atoms with Crippen LogP contribution in [0.1, 0.15) is 83.4 Å². The average molecular weight is 732 g/mol. The van der Waals surface area contributed by atoms with E-state index < -0.39 is 0 Å². The van der Waals surface area contributed by atoms with Crippen molar-refractivity contribution in [2.75, 3.05) is 0 Å². The summed E-state index contributed by atoms with van der Waals surface area (Å²) in [5.74, 6) is 0.707. The van der Waals surface area contributed by atoms with E-state index in [0.717, 1.165) is 31.4 Å². The van der Waals surface area contributed by atoms with Crippen LogP contribution in [-0.2, 0) is 12.8 Å². The lowest BCUT2D eigenvalue weighted by Gasteiger charge is -2.35. The summed E-state index contributed by atoms with van der Waals surface area (Å²) in [7, 11) is 0. The minimum atomic E-state index is 0.124. The number of rotatable bonds is 4. The highest BCUT2D eigenvalue weighted by Gasteiger charge is 2.36. The van der Waals surface area contributed by atoms with Crippen molar-refractivity contribution < 1.29 is 0 Å². The van der Waals surface area contributed by atoms with Gasteiger partial charge in [-0.05, 0) is 120 Å². The molecule has 274 valence electrons. The third-order valence-electron chi connectivity index (χ3n) is 13.4. The first kappa shape index (κ1) is 34.0. The molecule has 1 heterocycles. The predicted octanol–water partition coefficient (Wildman–Crippen LogP) is 14.8. The number of benzene rings is 8. The molecule has 0 spiro atoms. The molecule has 3 atom stereocenters. The lowest BCUT2D eigenvalue weighted by Crippen LogP contribution is -2.18. The number of para-hydroxylation sites is 1. The van der Waals surface area contributed by atoms with Gasteiger partial charge in [-0.2, -0.15) is 0 Å². The van der Waals surface area contributed by atoms with Crippen molar-refractivity contribution in [3.63, 3.8) is 0 Å². The predicted molar refractivity (Wildman–Crippen MR) is 241 cm³/mol. The van der Waals surface area contributed by atoms with E-state index >= 15 is 0 Å². The quantitative estimate of drug-likeness (QED) is 0.171. The molecule has 3 unspecified atom stereocenters. The molecule has 1 heteroatoms. The molecule has 0 saturated heterocycles. The Morgan fingerprint density at radius 3 is 2.05 bits per heavy atom. The molecule has 0 saturated carbocycles. The van der Waals surface area contributed by atoms with Gasteiger partial charge in [-0.3, -0.25) is 4.99 Å². The summed E-state index contributed by atoms with van der Waals surface area (Å²) in [5, 5.41) is 5.28. The molecule has 0 aromatic heterocycles. The van der Waals surface area contributed by atoms with Gasteiger partial charge in [0.25, 0.3) is 0 Å². The average Bonchev–Trinajstić information content (AvgIpc) is 3.54. The Kier molecular flexibility index (Phi) is 8.17. The molecule has 1 nitrogen and oxygen atoms in total. The Morgan fingerprint density at radius 2 is 1.23 bits per heavy atom. The van der Waals surface area contributed by atoms with Gasteiger partial charge in [-0.15, -0.1) is 0 Å². The molecule has 2 aliphatic carbocycles. The first-order valence-corrected chi connectivity index (χ1v) is 20.9. The minimum Gasteiger partial charge on any atom is -0.252 e. The zero-order valence-electron chi connectivity index (χ0n) is 32.7. The van der Waals surface area contributed by atoms with Gasteiger partial charge in [0, 0.05) is 17.4 Å². The summed E-state index contributed by atoms with van der Waals surface area (Å²) in [6, 6.07) is 64.0. The summed E-state index contributed by atoms with van der Waals surface area (Å²) in [4.78, 5) is 5.73. The van der Waals surface area contributed by atoms with Gasteiger partial charge in [0.1, 0.15) is 0 Å². The summed E-state index contributed by atoms with van der Waals surface area (Å²) in [6.07, 6.45) is 3.91. The first-order chi connectivity index (χ1) is 28.2. The molecule has 57 heavy (non-hydrogen) atoms. The maximum Gasteiger partial charge on any atom is 0.0668 e. The number of allylic oxidation sites excluding steroid dienone is 2. The number of nitrogens with zero attached hydrogens (tertiary/aromatic N) is 1. The van der Waals surface area contributed by atoms with Crippen molar-refractivity contribution >= 4 is 38.5 Å². The van der Waals surface area contributed by atoms with Crippen LogP contribution in [0.5, 0.6) is 0 Å². The van der Waals surface area contributed by atoms with E-state index in [0.29, 0.717) is 5.92 Å². The van der Waals surface area contributed by atoms with Crippen LogP contribution in [0.25, 0.3) is 49.4 Å². The van der Waals surface area contributed by atoms with Crippen molar-refractivity contribution in [1.29, 1.82) is 0 Å². The Labute approximate surface area is 336 Å². The Hall–Kier alpha value is -6.31. The van der Waals surface area contributed by atoms with E-state index in [4.69, 9.17) is 4.99 Å². The summed E-state index contributed by atoms with van der Waals surface area (Å²) in [5.41, 5.74) is 20.3. The highest BCUT2D eigenvalue weighted by atomic mass is 14.8. The number of hydrogen-bond donors (Lipinski definition) is 0. The highest BCUT2D eigenvalue weighted by Crippen LogP contribution is 2.54. The first-order valence-electron chi connectivity index (χ1n) is 20.9. The number of aryl methyl sites for hydroxylation is 1. The van der Waals surface area contributed by atoms with Gasteiger partial charge >= 0.3 is 0 Å². The monoisotopic (exact) mass is 731 g/mol. The Bertz CT molecular complexity index is 2940. The van der Waals surface area contributed by atoms with Gasteiger partial charge in [0.15, 0.2) is 0 Å². The van der Waals surface area contributed by atoms with Gasteiger partial charge in [0.2, 0.25) is 0 Å². The highest BCUT2D eigenvalue weighted by molar-refractivity contribution is 6.29.